The topological polar surface area (TPSA) is 273 Å². The van der Waals surface area contributed by atoms with Gasteiger partial charge in [0.2, 0.25) is 11.8 Å². The molecule has 0 aliphatic rings. The normalized spacial score (nSPS) is 11.4. The summed E-state index contributed by atoms with van der Waals surface area (Å²) in [5.74, 6) is 0.332. The van der Waals surface area contributed by atoms with Crippen molar-refractivity contribution in [1.82, 2.24) is 24.9 Å². The van der Waals surface area contributed by atoms with E-state index in [4.69, 9.17) is 30.4 Å². The Bertz CT molecular complexity index is 3250. The first kappa shape index (κ1) is 54.6. The predicted molar refractivity (Wildman–Crippen MR) is 265 cm³/mol. The molecule has 0 aliphatic heterocycles. The average Bonchev–Trinajstić information content (AvgIpc) is 3.32. The number of halogens is 1. The Morgan fingerprint density at radius 2 is 1.04 bits per heavy atom. The molecule has 372 valence electrons. The summed E-state index contributed by atoms with van der Waals surface area (Å²) in [7, 11) is -12.1. The van der Waals surface area contributed by atoms with Crippen molar-refractivity contribution < 1.29 is 53.6 Å². The van der Waals surface area contributed by atoms with E-state index in [1.807, 2.05) is 41.5 Å². The van der Waals surface area contributed by atoms with Crippen LogP contribution in [0, 0.1) is 0 Å². The van der Waals surface area contributed by atoms with E-state index in [0.29, 0.717) is 28.6 Å². The fraction of sp³-hybridized carbons (Fsp3) is 0.188. The van der Waals surface area contributed by atoms with Crippen LogP contribution in [0.2, 0.25) is 5.02 Å². The molecule has 19 nitrogen and oxygen atoms in total. The van der Waals surface area contributed by atoms with Crippen LogP contribution in [0.4, 0.5) is 11.5 Å². The van der Waals surface area contributed by atoms with Gasteiger partial charge in [-0.25, -0.2) is 31.8 Å². The molecule has 7 rings (SSSR count). The van der Waals surface area contributed by atoms with Gasteiger partial charge in [-0.2, -0.15) is 8.42 Å². The first-order valence-electron chi connectivity index (χ1n) is 21.2. The molecule has 5 heterocycles. The summed E-state index contributed by atoms with van der Waals surface area (Å²) in [4.78, 5) is 44.8. The molecule has 71 heavy (non-hydrogen) atoms. The summed E-state index contributed by atoms with van der Waals surface area (Å²) in [5.41, 5.74) is 1.11. The zero-order valence-electron chi connectivity index (χ0n) is 38.9. The molecule has 0 saturated heterocycles. The monoisotopic (exact) mass is 1050 g/mol. The molecule has 0 bridgehead atoms. The van der Waals surface area contributed by atoms with Gasteiger partial charge in [-0.15, -0.1) is 0 Å². The highest BCUT2D eigenvalue weighted by atomic mass is 35.5. The highest BCUT2D eigenvalue weighted by molar-refractivity contribution is 7.93. The maximum Gasteiger partial charge on any atom is 0.296 e. The number of hydrogen-bond acceptors (Lipinski definition) is 16. The largest absolute Gasteiger partial charge is 0.491 e. The van der Waals surface area contributed by atoms with E-state index < -0.39 is 35.9 Å². The summed E-state index contributed by atoms with van der Waals surface area (Å²) in [6, 6.07) is 25.9. The van der Waals surface area contributed by atoms with Gasteiger partial charge in [0, 0.05) is 54.2 Å². The van der Waals surface area contributed by atoms with Crippen molar-refractivity contribution in [1.29, 1.82) is 0 Å². The SMILES string of the molecule is CC(C)Oc1ccc(S(=O)(=O)Nc2ccncc2C(=O)c2ccncc2)cc1.CC(C)Oc1ccc(S(=O)(=O)Nc2ncc(Cl)cc2C(=O)c2ccccc2)cn1.CC(C)Oc1ccc(S(=O)(=O)O)cn1. The van der Waals surface area contributed by atoms with Crippen LogP contribution in [0.5, 0.6) is 17.5 Å². The number of aromatic nitrogens is 5. The van der Waals surface area contributed by atoms with Gasteiger partial charge in [0.15, 0.2) is 17.4 Å². The number of hydrogen-bond donors (Lipinski definition) is 3. The molecular weight excluding hydrogens is 998 g/mol. The average molecular weight is 1050 g/mol. The maximum atomic E-state index is 12.8. The van der Waals surface area contributed by atoms with Crippen LogP contribution in [-0.4, -0.2) is 84.6 Å². The highest BCUT2D eigenvalue weighted by Crippen LogP contribution is 2.26. The van der Waals surface area contributed by atoms with E-state index in [9.17, 15) is 34.8 Å². The number of carbonyl (C=O) groups is 2. The van der Waals surface area contributed by atoms with Crippen LogP contribution in [-0.2, 0) is 30.2 Å². The summed E-state index contributed by atoms with van der Waals surface area (Å²) in [6.45, 7) is 11.1. The standard InChI is InChI=1S/C20H18ClN3O4S.C20H19N3O4S.C8H11NO4S/c1-13(2)28-18-9-8-16(12-22-18)29(26,27)24-20-17(10-15(21)11-23-20)19(25)14-6-4-3-5-7-14;1-14(2)27-16-3-5-17(6-4-16)28(25,26)23-19-9-12-22-13-18(19)20(24)15-7-10-21-11-8-15;1-6(2)13-8-4-3-7(5-9-8)14(10,11)12/h3-13H,1-2H3,(H,23,24);3-14H,1-2H3,(H,22,23);3-6H,1-2H3,(H,10,11,12). The van der Waals surface area contributed by atoms with Gasteiger partial charge in [-0.3, -0.25) is 33.6 Å². The number of ketones is 2. The third-order valence-corrected chi connectivity index (χ3v) is 12.6. The Balaban J connectivity index is 0.000000210. The second-order valence-corrected chi connectivity index (χ2v) is 20.8. The molecule has 5 aromatic heterocycles. The smallest absolute Gasteiger partial charge is 0.296 e. The van der Waals surface area contributed by atoms with E-state index in [1.54, 1.807) is 54.6 Å². The molecule has 0 spiro atoms. The molecule has 0 radical (unpaired) electrons. The third-order valence-electron chi connectivity index (χ3n) is 8.86. The molecule has 7 aromatic rings. The van der Waals surface area contributed by atoms with Crippen LogP contribution in [0.15, 0.2) is 161 Å². The maximum absolute atomic E-state index is 12.8. The number of benzene rings is 2. The minimum Gasteiger partial charge on any atom is -0.491 e. The van der Waals surface area contributed by atoms with Crippen molar-refractivity contribution in [2.75, 3.05) is 9.44 Å². The number of anilines is 2. The predicted octanol–water partition coefficient (Wildman–Crippen LogP) is 8.36. The third kappa shape index (κ3) is 16.4. The van der Waals surface area contributed by atoms with Gasteiger partial charge in [-0.05, 0) is 102 Å². The Labute approximate surface area is 416 Å². The zero-order chi connectivity index (χ0) is 51.9. The van der Waals surface area contributed by atoms with Crippen molar-refractivity contribution in [2.45, 2.75) is 74.5 Å². The Hall–Kier alpha value is -7.37. The highest BCUT2D eigenvalue weighted by Gasteiger charge is 2.23. The van der Waals surface area contributed by atoms with Crippen molar-refractivity contribution in [3.63, 3.8) is 0 Å². The minimum atomic E-state index is -4.17. The molecule has 23 heteroatoms. The lowest BCUT2D eigenvalue weighted by Crippen LogP contribution is -2.17. The van der Waals surface area contributed by atoms with Crippen molar-refractivity contribution >= 4 is 64.8 Å². The molecule has 0 atom stereocenters. The van der Waals surface area contributed by atoms with Gasteiger partial charge >= 0.3 is 0 Å². The second kappa shape index (κ2) is 24.5. The van der Waals surface area contributed by atoms with Gasteiger partial charge < -0.3 is 14.2 Å². The van der Waals surface area contributed by atoms with Crippen molar-refractivity contribution in [3.05, 3.63) is 174 Å². The number of nitrogens with zero attached hydrogens (tertiary/aromatic N) is 5. The molecule has 0 saturated carbocycles. The van der Waals surface area contributed by atoms with Crippen molar-refractivity contribution in [2.24, 2.45) is 0 Å². The van der Waals surface area contributed by atoms with Gasteiger partial charge in [0.05, 0.1) is 57.4 Å². The zero-order valence-corrected chi connectivity index (χ0v) is 42.1. The number of ether oxygens (including phenoxy) is 3. The van der Waals surface area contributed by atoms with E-state index >= 15 is 0 Å². The number of rotatable bonds is 17. The number of sulfonamides is 2. The summed E-state index contributed by atoms with van der Waals surface area (Å²) >= 11 is 5.98. The molecule has 0 fully saturated rings. The Kier molecular flexibility index (Phi) is 18.8. The van der Waals surface area contributed by atoms with Gasteiger partial charge in [0.25, 0.3) is 30.2 Å². The fourth-order valence-electron chi connectivity index (χ4n) is 5.79. The molecular formula is C48H48ClN7O12S3. The van der Waals surface area contributed by atoms with E-state index in [0.717, 1.165) is 6.20 Å². The Morgan fingerprint density at radius 3 is 1.58 bits per heavy atom. The number of carbonyl (C=O) groups excluding carboxylic acids is 2. The molecule has 0 aliphatic carbocycles. The van der Waals surface area contributed by atoms with E-state index in [1.165, 1.54) is 85.7 Å². The van der Waals surface area contributed by atoms with Crippen molar-refractivity contribution in [3.8, 4) is 17.5 Å². The summed E-state index contributed by atoms with van der Waals surface area (Å²) < 4.78 is 102. The lowest BCUT2D eigenvalue weighted by Gasteiger charge is -2.13. The number of pyridine rings is 5. The lowest BCUT2D eigenvalue weighted by molar-refractivity contribution is 0.103. The molecule has 0 amide bonds. The number of nitrogens with one attached hydrogen (secondary N) is 2. The molecule has 3 N–H and O–H groups in total. The summed E-state index contributed by atoms with van der Waals surface area (Å²) in [5, 5.41) is 0.212. The van der Waals surface area contributed by atoms with E-state index in [-0.39, 0.29) is 66.4 Å². The lowest BCUT2D eigenvalue weighted by atomic mass is 10.0. The van der Waals surface area contributed by atoms with E-state index in [2.05, 4.69) is 34.4 Å². The summed E-state index contributed by atoms with van der Waals surface area (Å²) in [6.07, 6.45) is 9.09. The van der Waals surface area contributed by atoms with Crippen LogP contribution in [0.3, 0.4) is 0 Å². The quantitative estimate of drug-likeness (QED) is 0.0571. The van der Waals surface area contributed by atoms with Gasteiger partial charge in [0.1, 0.15) is 15.5 Å². The molecule has 0 unspecified atom stereocenters. The van der Waals surface area contributed by atoms with Crippen LogP contribution in [0.1, 0.15) is 73.4 Å². The molecule has 2 aromatic carbocycles. The second-order valence-electron chi connectivity index (χ2n) is 15.6. The van der Waals surface area contributed by atoms with Crippen LogP contribution in [0.25, 0.3) is 0 Å². The van der Waals surface area contributed by atoms with Gasteiger partial charge in [-0.1, -0.05) is 41.9 Å². The van der Waals surface area contributed by atoms with Crippen LogP contribution < -0.4 is 23.7 Å². The first-order valence-corrected chi connectivity index (χ1v) is 26.0. The first-order chi connectivity index (χ1) is 33.5. The fourth-order valence-corrected chi connectivity index (χ4v) is 8.43. The minimum absolute atomic E-state index is 0.0147. The van der Waals surface area contributed by atoms with Crippen LogP contribution >= 0.6 is 11.6 Å². The Morgan fingerprint density at radius 1 is 0.535 bits per heavy atom.